The second-order valence-corrected chi connectivity index (χ2v) is 4.50. The number of aromatic nitrogens is 2. The van der Waals surface area contributed by atoms with Gasteiger partial charge in [-0.25, -0.2) is 14.4 Å². The van der Waals surface area contributed by atoms with Crippen LogP contribution in [-0.4, -0.2) is 17.0 Å². The summed E-state index contributed by atoms with van der Waals surface area (Å²) in [5.74, 6) is 0.535. The predicted molar refractivity (Wildman–Crippen MR) is 68.2 cm³/mol. The van der Waals surface area contributed by atoms with Gasteiger partial charge < -0.3 is 4.90 Å². The standard InChI is InChI=1S/C12H11BrFN3/c1-17(12-10(13)6-15-8-16-12)7-9-4-2-3-5-11(9)14/h2-6,8H,7H2,1H3. The van der Waals surface area contributed by atoms with E-state index in [1.54, 1.807) is 18.3 Å². The normalized spacial score (nSPS) is 10.3. The Hall–Kier alpha value is -1.49. The molecule has 2 rings (SSSR count). The minimum absolute atomic E-state index is 0.204. The van der Waals surface area contributed by atoms with Gasteiger partial charge in [0.05, 0.1) is 4.47 Å². The van der Waals surface area contributed by atoms with Crippen molar-refractivity contribution in [3.63, 3.8) is 0 Å². The van der Waals surface area contributed by atoms with Crippen LogP contribution >= 0.6 is 15.9 Å². The quantitative estimate of drug-likeness (QED) is 0.872. The third kappa shape index (κ3) is 2.79. The molecule has 0 N–H and O–H groups in total. The molecule has 88 valence electrons. The Balaban J connectivity index is 2.20. The molecular weight excluding hydrogens is 285 g/mol. The van der Waals surface area contributed by atoms with Crippen molar-refractivity contribution >= 4 is 21.7 Å². The Morgan fingerprint density at radius 3 is 2.82 bits per heavy atom. The maximum absolute atomic E-state index is 13.5. The summed E-state index contributed by atoms with van der Waals surface area (Å²) in [7, 11) is 1.86. The lowest BCUT2D eigenvalue weighted by molar-refractivity contribution is 0.607. The molecule has 0 aliphatic carbocycles. The van der Waals surface area contributed by atoms with Crippen molar-refractivity contribution in [2.75, 3.05) is 11.9 Å². The number of anilines is 1. The zero-order valence-electron chi connectivity index (χ0n) is 9.27. The minimum atomic E-state index is -0.204. The van der Waals surface area contributed by atoms with E-state index in [1.165, 1.54) is 12.4 Å². The van der Waals surface area contributed by atoms with Crippen molar-refractivity contribution in [2.45, 2.75) is 6.54 Å². The van der Waals surface area contributed by atoms with E-state index in [-0.39, 0.29) is 5.82 Å². The topological polar surface area (TPSA) is 29.0 Å². The molecule has 2 aromatic rings. The predicted octanol–water partition coefficient (Wildman–Crippen LogP) is 3.01. The Bertz CT molecular complexity index is 519. The maximum Gasteiger partial charge on any atom is 0.146 e. The molecule has 0 aliphatic rings. The fourth-order valence-corrected chi connectivity index (χ4v) is 2.07. The first-order valence-corrected chi connectivity index (χ1v) is 5.88. The molecule has 3 nitrogen and oxygen atoms in total. The summed E-state index contributed by atoms with van der Waals surface area (Å²) in [6, 6.07) is 6.72. The first kappa shape index (κ1) is 12.0. The van der Waals surface area contributed by atoms with Crippen LogP contribution in [0.2, 0.25) is 0 Å². The summed E-state index contributed by atoms with van der Waals surface area (Å²) in [4.78, 5) is 9.91. The molecule has 0 fully saturated rings. The monoisotopic (exact) mass is 295 g/mol. The van der Waals surface area contributed by atoms with Gasteiger partial charge in [-0.1, -0.05) is 18.2 Å². The SMILES string of the molecule is CN(Cc1ccccc1F)c1ncncc1Br. The van der Waals surface area contributed by atoms with Gasteiger partial charge in [-0.05, 0) is 22.0 Å². The molecule has 0 radical (unpaired) electrons. The number of rotatable bonds is 3. The largest absolute Gasteiger partial charge is 0.354 e. The van der Waals surface area contributed by atoms with Crippen molar-refractivity contribution in [1.29, 1.82) is 0 Å². The molecule has 17 heavy (non-hydrogen) atoms. The highest BCUT2D eigenvalue weighted by atomic mass is 79.9. The van der Waals surface area contributed by atoms with Crippen molar-refractivity contribution < 1.29 is 4.39 Å². The lowest BCUT2D eigenvalue weighted by Gasteiger charge is -2.19. The molecule has 0 amide bonds. The summed E-state index contributed by atoms with van der Waals surface area (Å²) in [5, 5.41) is 0. The van der Waals surface area contributed by atoms with Crippen molar-refractivity contribution in [1.82, 2.24) is 9.97 Å². The molecule has 0 spiro atoms. The Morgan fingerprint density at radius 1 is 1.35 bits per heavy atom. The van der Waals surface area contributed by atoms with E-state index < -0.39 is 0 Å². The first-order valence-electron chi connectivity index (χ1n) is 5.08. The molecular formula is C12H11BrFN3. The fourth-order valence-electron chi connectivity index (χ4n) is 1.54. The van der Waals surface area contributed by atoms with Crippen LogP contribution in [0.25, 0.3) is 0 Å². The fraction of sp³-hybridized carbons (Fsp3) is 0.167. The van der Waals surface area contributed by atoms with Gasteiger partial charge in [0.2, 0.25) is 0 Å². The highest BCUT2D eigenvalue weighted by Crippen LogP contribution is 2.22. The molecule has 0 saturated heterocycles. The molecule has 0 bridgehead atoms. The zero-order chi connectivity index (χ0) is 12.3. The molecule has 1 heterocycles. The third-order valence-electron chi connectivity index (χ3n) is 2.38. The molecule has 0 unspecified atom stereocenters. The van der Waals surface area contributed by atoms with E-state index in [2.05, 4.69) is 25.9 Å². The molecule has 5 heteroatoms. The van der Waals surface area contributed by atoms with Crippen LogP contribution in [-0.2, 0) is 6.54 Å². The molecule has 0 aliphatic heterocycles. The van der Waals surface area contributed by atoms with Gasteiger partial charge in [0.1, 0.15) is 18.0 Å². The lowest BCUT2D eigenvalue weighted by Crippen LogP contribution is -2.19. The minimum Gasteiger partial charge on any atom is -0.354 e. The third-order valence-corrected chi connectivity index (χ3v) is 2.93. The van der Waals surface area contributed by atoms with Gasteiger partial charge in [-0.15, -0.1) is 0 Å². The number of hydrogen-bond donors (Lipinski definition) is 0. The average Bonchev–Trinajstić information content (AvgIpc) is 2.32. The lowest BCUT2D eigenvalue weighted by atomic mass is 10.2. The second-order valence-electron chi connectivity index (χ2n) is 3.64. The van der Waals surface area contributed by atoms with E-state index >= 15 is 0 Å². The summed E-state index contributed by atoms with van der Waals surface area (Å²) in [6.07, 6.45) is 3.14. The van der Waals surface area contributed by atoms with E-state index in [4.69, 9.17) is 0 Å². The molecule has 1 aromatic carbocycles. The number of halogens is 2. The molecule has 1 aromatic heterocycles. The highest BCUT2D eigenvalue weighted by Gasteiger charge is 2.09. The average molecular weight is 296 g/mol. The van der Waals surface area contributed by atoms with Crippen LogP contribution in [0.15, 0.2) is 41.3 Å². The van der Waals surface area contributed by atoms with E-state index in [1.807, 2.05) is 18.0 Å². The van der Waals surface area contributed by atoms with Gasteiger partial charge in [-0.3, -0.25) is 0 Å². The van der Waals surface area contributed by atoms with Gasteiger partial charge in [0, 0.05) is 25.4 Å². The maximum atomic E-state index is 13.5. The number of benzene rings is 1. The summed E-state index contributed by atoms with van der Waals surface area (Å²) in [5.41, 5.74) is 0.639. The summed E-state index contributed by atoms with van der Waals surface area (Å²) >= 11 is 3.37. The Labute approximate surface area is 107 Å². The van der Waals surface area contributed by atoms with Crippen LogP contribution in [0, 0.1) is 5.82 Å². The smallest absolute Gasteiger partial charge is 0.146 e. The zero-order valence-corrected chi connectivity index (χ0v) is 10.9. The van der Waals surface area contributed by atoms with E-state index in [0.717, 1.165) is 10.3 Å². The van der Waals surface area contributed by atoms with Crippen molar-refractivity contribution in [2.24, 2.45) is 0 Å². The summed E-state index contributed by atoms with van der Waals surface area (Å²) < 4.78 is 14.3. The second kappa shape index (κ2) is 5.23. The first-order chi connectivity index (χ1) is 8.18. The summed E-state index contributed by atoms with van der Waals surface area (Å²) in [6.45, 7) is 0.461. The Morgan fingerprint density at radius 2 is 2.12 bits per heavy atom. The van der Waals surface area contributed by atoms with Crippen LogP contribution < -0.4 is 4.90 Å². The van der Waals surface area contributed by atoms with Gasteiger partial charge in [0.25, 0.3) is 0 Å². The van der Waals surface area contributed by atoms with Gasteiger partial charge >= 0.3 is 0 Å². The number of hydrogen-bond acceptors (Lipinski definition) is 3. The van der Waals surface area contributed by atoms with E-state index in [9.17, 15) is 4.39 Å². The van der Waals surface area contributed by atoms with Gasteiger partial charge in [0.15, 0.2) is 0 Å². The van der Waals surface area contributed by atoms with Gasteiger partial charge in [-0.2, -0.15) is 0 Å². The van der Waals surface area contributed by atoms with Crippen LogP contribution in [0.4, 0.5) is 10.2 Å². The van der Waals surface area contributed by atoms with Crippen molar-refractivity contribution in [3.05, 3.63) is 52.6 Å². The molecule has 0 saturated carbocycles. The van der Waals surface area contributed by atoms with E-state index in [0.29, 0.717) is 12.1 Å². The van der Waals surface area contributed by atoms with Crippen LogP contribution in [0.1, 0.15) is 5.56 Å². The van der Waals surface area contributed by atoms with Crippen LogP contribution in [0.5, 0.6) is 0 Å². The number of nitrogens with zero attached hydrogens (tertiary/aromatic N) is 3. The molecule has 0 atom stereocenters. The Kier molecular flexibility index (Phi) is 3.68. The van der Waals surface area contributed by atoms with Crippen molar-refractivity contribution in [3.8, 4) is 0 Å². The van der Waals surface area contributed by atoms with Crippen LogP contribution in [0.3, 0.4) is 0 Å². The highest BCUT2D eigenvalue weighted by molar-refractivity contribution is 9.10.